The molecule has 4 aromatic rings. The molecule has 27 heavy (non-hydrogen) atoms. The minimum atomic E-state index is -0.721. The van der Waals surface area contributed by atoms with Crippen LogP contribution in [0.15, 0.2) is 29.6 Å². The molecule has 3 heterocycles. The Morgan fingerprint density at radius 2 is 1.70 bits per heavy atom. The Hall–Kier alpha value is -2.51. The van der Waals surface area contributed by atoms with Crippen LogP contribution in [0.2, 0.25) is 0 Å². The van der Waals surface area contributed by atoms with E-state index in [1.54, 1.807) is 6.33 Å². The number of aliphatic hydroxyl groups excluding tert-OH is 1. The Morgan fingerprint density at radius 3 is 2.48 bits per heavy atom. The number of thiophene rings is 1. The minimum absolute atomic E-state index is 0.0946. The van der Waals surface area contributed by atoms with Gasteiger partial charge in [0.1, 0.15) is 4.83 Å². The van der Waals surface area contributed by atoms with Gasteiger partial charge in [0.2, 0.25) is 0 Å². The molecule has 0 bridgehead atoms. The summed E-state index contributed by atoms with van der Waals surface area (Å²) in [5.41, 5.74) is 5.16. The number of nitrogens with zero attached hydrogens (tertiary/aromatic N) is 4. The fourth-order valence-electron chi connectivity index (χ4n) is 3.37. The van der Waals surface area contributed by atoms with Gasteiger partial charge in [0, 0.05) is 4.88 Å². The van der Waals surface area contributed by atoms with E-state index in [0.29, 0.717) is 11.9 Å². The van der Waals surface area contributed by atoms with E-state index in [1.807, 2.05) is 18.4 Å². The molecule has 3 aromatic heterocycles. The second kappa shape index (κ2) is 6.58. The van der Waals surface area contributed by atoms with Gasteiger partial charge in [-0.1, -0.05) is 0 Å². The molecule has 0 aliphatic heterocycles. The lowest BCUT2D eigenvalue weighted by atomic mass is 10.1. The van der Waals surface area contributed by atoms with Crippen molar-refractivity contribution >= 4 is 32.6 Å². The molecule has 0 aliphatic carbocycles. The number of benzene rings is 1. The second-order valence-electron chi connectivity index (χ2n) is 7.14. The van der Waals surface area contributed by atoms with Crippen LogP contribution < -0.4 is 5.56 Å². The van der Waals surface area contributed by atoms with Gasteiger partial charge >= 0.3 is 0 Å². The van der Waals surface area contributed by atoms with Crippen LogP contribution in [0.1, 0.15) is 21.6 Å². The molecule has 0 amide bonds. The minimum Gasteiger partial charge on any atom is -0.389 e. The van der Waals surface area contributed by atoms with Crippen LogP contribution in [0.4, 0.5) is 0 Å². The third kappa shape index (κ3) is 3.07. The van der Waals surface area contributed by atoms with Crippen molar-refractivity contribution in [3.63, 3.8) is 0 Å². The summed E-state index contributed by atoms with van der Waals surface area (Å²) in [6, 6.07) is 4.14. The van der Waals surface area contributed by atoms with Crippen molar-refractivity contribution in [3.8, 4) is 0 Å². The van der Waals surface area contributed by atoms with Crippen LogP contribution in [-0.2, 0) is 13.1 Å². The smallest absolute Gasteiger partial charge is 0.262 e. The van der Waals surface area contributed by atoms with Gasteiger partial charge in [0.25, 0.3) is 5.56 Å². The van der Waals surface area contributed by atoms with Crippen LogP contribution in [0.3, 0.4) is 0 Å². The van der Waals surface area contributed by atoms with E-state index in [-0.39, 0.29) is 12.1 Å². The van der Waals surface area contributed by atoms with Crippen LogP contribution >= 0.6 is 11.3 Å². The fourth-order valence-corrected chi connectivity index (χ4v) is 4.36. The molecule has 6 nitrogen and oxygen atoms in total. The number of hydrogen-bond donors (Lipinski definition) is 1. The van der Waals surface area contributed by atoms with E-state index in [1.165, 1.54) is 33.4 Å². The molecule has 0 radical (unpaired) electrons. The van der Waals surface area contributed by atoms with E-state index >= 15 is 0 Å². The summed E-state index contributed by atoms with van der Waals surface area (Å²) < 4.78 is 3.43. The maximum absolute atomic E-state index is 12.8. The maximum Gasteiger partial charge on any atom is 0.262 e. The Balaban J connectivity index is 1.62. The van der Waals surface area contributed by atoms with Gasteiger partial charge in [-0.25, -0.2) is 9.97 Å². The zero-order valence-corrected chi connectivity index (χ0v) is 16.7. The average molecular weight is 382 g/mol. The monoisotopic (exact) mass is 382 g/mol. The van der Waals surface area contributed by atoms with Gasteiger partial charge in [-0.3, -0.25) is 9.36 Å². The van der Waals surface area contributed by atoms with Gasteiger partial charge in [-0.05, 0) is 56.5 Å². The van der Waals surface area contributed by atoms with Crippen molar-refractivity contribution in [1.29, 1.82) is 0 Å². The molecule has 0 saturated carbocycles. The van der Waals surface area contributed by atoms with Crippen LogP contribution in [0.25, 0.3) is 21.3 Å². The number of fused-ring (bicyclic) bond motifs is 2. The number of aliphatic hydroxyl groups is 1. The van der Waals surface area contributed by atoms with Crippen LogP contribution in [0.5, 0.6) is 0 Å². The molecule has 140 valence electrons. The van der Waals surface area contributed by atoms with Crippen molar-refractivity contribution in [3.05, 3.63) is 56.7 Å². The molecule has 0 aliphatic rings. The topological polar surface area (TPSA) is 72.9 Å². The lowest BCUT2D eigenvalue weighted by molar-refractivity contribution is 0.134. The lowest BCUT2D eigenvalue weighted by Crippen LogP contribution is -2.29. The third-order valence-corrected chi connectivity index (χ3v) is 6.32. The molecular weight excluding hydrogens is 360 g/mol. The second-order valence-corrected chi connectivity index (χ2v) is 8.34. The molecule has 0 fully saturated rings. The Labute approximate surface area is 160 Å². The number of rotatable bonds is 4. The quantitative estimate of drug-likeness (QED) is 0.589. The van der Waals surface area contributed by atoms with Crippen molar-refractivity contribution in [1.82, 2.24) is 19.1 Å². The Bertz CT molecular complexity index is 1220. The highest BCUT2D eigenvalue weighted by molar-refractivity contribution is 7.18. The summed E-state index contributed by atoms with van der Waals surface area (Å²) in [7, 11) is 0. The first kappa shape index (κ1) is 17.9. The summed E-state index contributed by atoms with van der Waals surface area (Å²) >= 11 is 1.53. The SMILES string of the molecule is Cc1cc2ncn(C[C@H](O)Cn3cnc4sc(C)c(C)c4c3=O)c2cc1C. The van der Waals surface area contributed by atoms with Crippen molar-refractivity contribution in [2.75, 3.05) is 0 Å². The first-order valence-electron chi connectivity index (χ1n) is 8.90. The molecule has 4 rings (SSSR count). The summed E-state index contributed by atoms with van der Waals surface area (Å²) in [5.74, 6) is 0. The van der Waals surface area contributed by atoms with Crippen molar-refractivity contribution < 1.29 is 5.11 Å². The Kier molecular flexibility index (Phi) is 4.36. The van der Waals surface area contributed by atoms with E-state index in [9.17, 15) is 9.90 Å². The van der Waals surface area contributed by atoms with E-state index in [0.717, 1.165) is 26.3 Å². The van der Waals surface area contributed by atoms with Gasteiger partial charge in [-0.15, -0.1) is 11.3 Å². The van der Waals surface area contributed by atoms with Crippen LogP contribution in [0, 0.1) is 27.7 Å². The largest absolute Gasteiger partial charge is 0.389 e. The molecule has 1 N–H and O–H groups in total. The van der Waals surface area contributed by atoms with Crippen molar-refractivity contribution in [2.24, 2.45) is 0 Å². The highest BCUT2D eigenvalue weighted by Gasteiger charge is 2.15. The molecule has 1 atom stereocenters. The van der Waals surface area contributed by atoms with Gasteiger partial charge in [0.05, 0.1) is 48.3 Å². The zero-order chi connectivity index (χ0) is 19.3. The molecule has 7 heteroatoms. The average Bonchev–Trinajstić information content (AvgIpc) is 3.12. The molecule has 0 saturated heterocycles. The predicted octanol–water partition coefficient (Wildman–Crippen LogP) is 3.10. The highest BCUT2D eigenvalue weighted by Crippen LogP contribution is 2.25. The highest BCUT2D eigenvalue weighted by atomic mass is 32.1. The molecule has 1 aromatic carbocycles. The molecular formula is C20H22N4O2S. The van der Waals surface area contributed by atoms with Crippen molar-refractivity contribution in [2.45, 2.75) is 46.9 Å². The summed E-state index contributed by atoms with van der Waals surface area (Å²) in [6.45, 7) is 8.63. The summed E-state index contributed by atoms with van der Waals surface area (Å²) in [4.78, 5) is 23.5. The Morgan fingerprint density at radius 1 is 1.04 bits per heavy atom. The summed E-state index contributed by atoms with van der Waals surface area (Å²) in [5, 5.41) is 11.3. The zero-order valence-electron chi connectivity index (χ0n) is 15.9. The normalized spacial score (nSPS) is 12.9. The number of aromatic nitrogens is 4. The third-order valence-electron chi connectivity index (χ3n) is 5.21. The molecule has 0 unspecified atom stereocenters. The fraction of sp³-hybridized carbons (Fsp3) is 0.350. The number of imidazole rings is 1. The standard InChI is InChI=1S/C20H22N4O2S/c1-11-5-16-17(6-12(11)2)23(9-21-16)7-15(25)8-24-10-22-19-18(20(24)26)13(3)14(4)27-19/h5-6,9-10,15,25H,7-8H2,1-4H3/t15-/m0/s1. The van der Waals surface area contributed by atoms with E-state index in [2.05, 4.69) is 35.9 Å². The van der Waals surface area contributed by atoms with E-state index < -0.39 is 6.10 Å². The maximum atomic E-state index is 12.8. The first-order chi connectivity index (χ1) is 12.8. The molecule has 0 spiro atoms. The lowest BCUT2D eigenvalue weighted by Gasteiger charge is -2.14. The van der Waals surface area contributed by atoms with E-state index in [4.69, 9.17) is 0 Å². The first-order valence-corrected chi connectivity index (χ1v) is 9.72. The summed E-state index contributed by atoms with van der Waals surface area (Å²) in [6.07, 6.45) is 2.55. The number of aryl methyl sites for hydroxylation is 4. The number of hydrogen-bond acceptors (Lipinski definition) is 5. The predicted molar refractivity (Wildman–Crippen MR) is 109 cm³/mol. The van der Waals surface area contributed by atoms with Gasteiger partial charge < -0.3 is 9.67 Å². The van der Waals surface area contributed by atoms with Gasteiger partial charge in [-0.2, -0.15) is 0 Å². The van der Waals surface area contributed by atoms with Crippen LogP contribution in [-0.4, -0.2) is 30.3 Å². The van der Waals surface area contributed by atoms with Gasteiger partial charge in [0.15, 0.2) is 0 Å².